The first-order valence-corrected chi connectivity index (χ1v) is 9.02. The number of nitrogens with one attached hydrogen (secondary N) is 2. The molecule has 144 valence electrons. The van der Waals surface area contributed by atoms with E-state index in [4.69, 9.17) is 38.0 Å². The van der Waals surface area contributed by atoms with E-state index in [0.29, 0.717) is 41.4 Å². The zero-order valence-electron chi connectivity index (χ0n) is 15.2. The maximum absolute atomic E-state index is 6.15. The highest BCUT2D eigenvalue weighted by Crippen LogP contribution is 2.29. The third kappa shape index (κ3) is 7.05. The average Bonchev–Trinajstić information content (AvgIpc) is 2.68. The lowest BCUT2D eigenvalue weighted by Crippen LogP contribution is -2.34. The summed E-state index contributed by atoms with van der Waals surface area (Å²) in [5, 5.41) is 8.16. The van der Waals surface area contributed by atoms with Crippen LogP contribution in [0.4, 0.5) is 0 Å². The molecule has 0 fully saturated rings. The number of nitrogens with zero attached hydrogens (tertiary/aromatic N) is 1. The smallest absolute Gasteiger partial charge is 0.187 e. The standard InChI is InChI=1S/C19H22ClN3O3S/c1-24-10-9-21-19(27)23-22-12-14-7-8-17(18(11-14)25-2)26-13-15-5-3-4-6-16(15)20/h3-8,11-12H,9-10,13H2,1-2H3,(H2,21,23,27)/b22-12-. The van der Waals surface area contributed by atoms with Crippen LogP contribution in [0.3, 0.4) is 0 Å². The van der Waals surface area contributed by atoms with E-state index in [2.05, 4.69) is 15.8 Å². The Kier molecular flexibility index (Phi) is 8.83. The zero-order valence-corrected chi connectivity index (χ0v) is 16.8. The summed E-state index contributed by atoms with van der Waals surface area (Å²) < 4.78 is 16.2. The number of hydrogen-bond donors (Lipinski definition) is 2. The second kappa shape index (κ2) is 11.4. The molecule has 0 atom stereocenters. The first kappa shape index (κ1) is 21.0. The Balaban J connectivity index is 1.94. The Morgan fingerprint density at radius 3 is 2.74 bits per heavy atom. The quantitative estimate of drug-likeness (QED) is 0.287. The second-order valence-electron chi connectivity index (χ2n) is 5.41. The van der Waals surface area contributed by atoms with Crippen LogP contribution >= 0.6 is 23.8 Å². The van der Waals surface area contributed by atoms with Crippen LogP contribution in [0.2, 0.25) is 5.02 Å². The molecular weight excluding hydrogens is 386 g/mol. The van der Waals surface area contributed by atoms with Gasteiger partial charge in [-0.15, -0.1) is 0 Å². The highest BCUT2D eigenvalue weighted by atomic mass is 35.5. The van der Waals surface area contributed by atoms with Gasteiger partial charge in [-0.05, 0) is 42.0 Å². The van der Waals surface area contributed by atoms with E-state index in [-0.39, 0.29) is 0 Å². The first-order valence-electron chi connectivity index (χ1n) is 8.24. The van der Waals surface area contributed by atoms with Crippen LogP contribution in [0.15, 0.2) is 47.6 Å². The molecule has 8 heteroatoms. The molecular formula is C19H22ClN3O3S. The third-order valence-electron chi connectivity index (χ3n) is 3.50. The predicted molar refractivity (Wildman–Crippen MR) is 112 cm³/mol. The summed E-state index contributed by atoms with van der Waals surface area (Å²) in [6.45, 7) is 1.54. The van der Waals surface area contributed by atoms with Crippen molar-refractivity contribution >= 4 is 35.1 Å². The van der Waals surface area contributed by atoms with Crippen LogP contribution in [0.25, 0.3) is 0 Å². The van der Waals surface area contributed by atoms with E-state index >= 15 is 0 Å². The van der Waals surface area contributed by atoms with E-state index in [9.17, 15) is 0 Å². The van der Waals surface area contributed by atoms with Crippen molar-refractivity contribution < 1.29 is 14.2 Å². The molecule has 0 aliphatic carbocycles. The fourth-order valence-electron chi connectivity index (χ4n) is 2.13. The Labute approximate surface area is 169 Å². The lowest BCUT2D eigenvalue weighted by molar-refractivity contribution is 0.204. The van der Waals surface area contributed by atoms with Gasteiger partial charge < -0.3 is 19.5 Å². The molecule has 6 nitrogen and oxygen atoms in total. The minimum Gasteiger partial charge on any atom is -0.493 e. The molecule has 2 aromatic carbocycles. The van der Waals surface area contributed by atoms with E-state index < -0.39 is 0 Å². The number of thiocarbonyl (C=S) groups is 1. The van der Waals surface area contributed by atoms with Crippen molar-refractivity contribution in [1.82, 2.24) is 10.7 Å². The Morgan fingerprint density at radius 1 is 1.19 bits per heavy atom. The molecule has 0 saturated heterocycles. The van der Waals surface area contributed by atoms with Gasteiger partial charge >= 0.3 is 0 Å². The Morgan fingerprint density at radius 2 is 2.00 bits per heavy atom. The van der Waals surface area contributed by atoms with Crippen molar-refractivity contribution in [1.29, 1.82) is 0 Å². The van der Waals surface area contributed by atoms with Crippen molar-refractivity contribution in [2.45, 2.75) is 6.61 Å². The number of halogens is 1. The number of benzene rings is 2. The van der Waals surface area contributed by atoms with Crippen molar-refractivity contribution in [2.75, 3.05) is 27.4 Å². The molecule has 2 aromatic rings. The normalized spacial score (nSPS) is 10.6. The Hall–Kier alpha value is -2.35. The molecule has 2 N–H and O–H groups in total. The van der Waals surface area contributed by atoms with Gasteiger partial charge in [-0.25, -0.2) is 0 Å². The van der Waals surface area contributed by atoms with Gasteiger partial charge in [0.15, 0.2) is 16.6 Å². The number of hydrazone groups is 1. The lowest BCUT2D eigenvalue weighted by atomic mass is 10.2. The van der Waals surface area contributed by atoms with Gasteiger partial charge in [0.05, 0.1) is 19.9 Å². The SMILES string of the molecule is COCCNC(=S)N/N=C\c1ccc(OCc2ccccc2Cl)c(OC)c1. The molecule has 0 aliphatic rings. The van der Waals surface area contributed by atoms with E-state index in [1.807, 2.05) is 42.5 Å². The molecule has 0 unspecified atom stereocenters. The summed E-state index contributed by atoms with van der Waals surface area (Å²) in [5.74, 6) is 1.23. The van der Waals surface area contributed by atoms with Crippen LogP contribution in [-0.4, -0.2) is 38.7 Å². The largest absolute Gasteiger partial charge is 0.493 e. The van der Waals surface area contributed by atoms with Crippen LogP contribution < -0.4 is 20.2 Å². The second-order valence-corrected chi connectivity index (χ2v) is 6.22. The van der Waals surface area contributed by atoms with Gasteiger partial charge in [0, 0.05) is 24.2 Å². The topological polar surface area (TPSA) is 64.1 Å². The average molecular weight is 408 g/mol. The number of hydrogen-bond acceptors (Lipinski definition) is 5. The maximum Gasteiger partial charge on any atom is 0.187 e. The lowest BCUT2D eigenvalue weighted by Gasteiger charge is -2.12. The summed E-state index contributed by atoms with van der Waals surface area (Å²) >= 11 is 11.3. The predicted octanol–water partition coefficient (Wildman–Crippen LogP) is 3.37. The first-order chi connectivity index (χ1) is 13.1. The maximum atomic E-state index is 6.15. The number of methoxy groups -OCH3 is 2. The molecule has 0 aromatic heterocycles. The minimum absolute atomic E-state index is 0.354. The van der Waals surface area contributed by atoms with E-state index in [1.165, 1.54) is 0 Å². The molecule has 0 aliphatic heterocycles. The van der Waals surface area contributed by atoms with Gasteiger partial charge in [0.2, 0.25) is 0 Å². The molecule has 2 rings (SSSR count). The highest BCUT2D eigenvalue weighted by molar-refractivity contribution is 7.80. The zero-order chi connectivity index (χ0) is 19.5. The highest BCUT2D eigenvalue weighted by Gasteiger charge is 2.07. The molecule has 27 heavy (non-hydrogen) atoms. The molecule has 0 amide bonds. The van der Waals surface area contributed by atoms with Gasteiger partial charge in [-0.1, -0.05) is 29.8 Å². The molecule has 0 radical (unpaired) electrons. The van der Waals surface area contributed by atoms with Crippen molar-refractivity contribution in [3.05, 3.63) is 58.6 Å². The fourth-order valence-corrected chi connectivity index (χ4v) is 2.47. The third-order valence-corrected chi connectivity index (χ3v) is 4.10. The van der Waals surface area contributed by atoms with Crippen molar-refractivity contribution in [3.8, 4) is 11.5 Å². The number of ether oxygens (including phenoxy) is 3. The number of rotatable bonds is 9. The van der Waals surface area contributed by atoms with Crippen LogP contribution in [0.5, 0.6) is 11.5 Å². The fraction of sp³-hybridized carbons (Fsp3) is 0.263. The van der Waals surface area contributed by atoms with E-state index in [1.54, 1.807) is 20.4 Å². The van der Waals surface area contributed by atoms with Crippen LogP contribution in [0, 0.1) is 0 Å². The van der Waals surface area contributed by atoms with Crippen LogP contribution in [0.1, 0.15) is 11.1 Å². The summed E-state index contributed by atoms with van der Waals surface area (Å²) in [6.07, 6.45) is 1.64. The molecule has 0 bridgehead atoms. The van der Waals surface area contributed by atoms with Gasteiger partial charge in [0.1, 0.15) is 6.61 Å². The van der Waals surface area contributed by atoms with Crippen molar-refractivity contribution in [2.24, 2.45) is 5.10 Å². The Bertz CT molecular complexity index is 787. The minimum atomic E-state index is 0.354. The van der Waals surface area contributed by atoms with Gasteiger partial charge in [0.25, 0.3) is 0 Å². The molecule has 0 heterocycles. The van der Waals surface area contributed by atoms with Gasteiger partial charge in [-0.2, -0.15) is 5.10 Å². The summed E-state index contributed by atoms with van der Waals surface area (Å²) in [7, 11) is 3.22. The van der Waals surface area contributed by atoms with Gasteiger partial charge in [-0.3, -0.25) is 5.43 Å². The van der Waals surface area contributed by atoms with Crippen molar-refractivity contribution in [3.63, 3.8) is 0 Å². The summed E-state index contributed by atoms with van der Waals surface area (Å²) in [5.41, 5.74) is 4.49. The molecule has 0 saturated carbocycles. The van der Waals surface area contributed by atoms with E-state index in [0.717, 1.165) is 11.1 Å². The summed E-state index contributed by atoms with van der Waals surface area (Å²) in [4.78, 5) is 0. The summed E-state index contributed by atoms with van der Waals surface area (Å²) in [6, 6.07) is 13.1. The monoisotopic (exact) mass is 407 g/mol. The molecule has 0 spiro atoms. The van der Waals surface area contributed by atoms with Crippen LogP contribution in [-0.2, 0) is 11.3 Å².